The minimum Gasteiger partial charge on any atom is -0.319 e. The summed E-state index contributed by atoms with van der Waals surface area (Å²) in [6.45, 7) is 2.36. The van der Waals surface area contributed by atoms with Crippen molar-refractivity contribution in [2.45, 2.75) is 36.7 Å². The second-order valence-electron chi connectivity index (χ2n) is 4.56. The van der Waals surface area contributed by atoms with E-state index in [9.17, 15) is 0 Å². The first-order valence-corrected chi connectivity index (χ1v) is 5.76. The van der Waals surface area contributed by atoms with Gasteiger partial charge in [0, 0.05) is 0 Å². The molecule has 2 N–H and O–H groups in total. The largest absolute Gasteiger partial charge is 0.319 e. The minimum absolute atomic E-state index is 0.366. The molecular formula is C9H16IN. The van der Waals surface area contributed by atoms with Gasteiger partial charge in [-0.1, -0.05) is 29.5 Å². The van der Waals surface area contributed by atoms with Gasteiger partial charge in [-0.15, -0.1) is 0 Å². The van der Waals surface area contributed by atoms with E-state index in [1.165, 1.54) is 25.7 Å². The fourth-order valence-electron chi connectivity index (χ4n) is 2.68. The van der Waals surface area contributed by atoms with E-state index in [4.69, 9.17) is 5.73 Å². The third kappa shape index (κ3) is 1.22. The quantitative estimate of drug-likeness (QED) is 0.440. The standard InChI is InChI=1S/C9H16IN/c1-9(8(10)11)4-6-2-3-7(6)5-9/h6-8H,2-5,11H2,1H3. The second kappa shape index (κ2) is 2.59. The van der Waals surface area contributed by atoms with Crippen LogP contribution in [-0.2, 0) is 0 Å². The number of nitrogens with two attached hydrogens (primary N) is 1. The van der Waals surface area contributed by atoms with E-state index in [1.54, 1.807) is 0 Å². The molecule has 0 saturated heterocycles. The molecule has 64 valence electrons. The lowest BCUT2D eigenvalue weighted by atomic mass is 9.77. The summed E-state index contributed by atoms with van der Waals surface area (Å²) in [5.41, 5.74) is 6.44. The number of hydrogen-bond acceptors (Lipinski definition) is 1. The Hall–Kier alpha value is 0.690. The predicted molar refractivity (Wildman–Crippen MR) is 55.6 cm³/mol. The van der Waals surface area contributed by atoms with E-state index in [2.05, 4.69) is 29.5 Å². The summed E-state index contributed by atoms with van der Waals surface area (Å²) in [6, 6.07) is 0. The maximum absolute atomic E-state index is 5.97. The van der Waals surface area contributed by atoms with Crippen LogP contribution in [0.1, 0.15) is 32.6 Å². The molecule has 0 aliphatic heterocycles. The molecule has 2 fully saturated rings. The molecule has 2 saturated carbocycles. The molecule has 2 rings (SSSR count). The highest BCUT2D eigenvalue weighted by atomic mass is 127. The zero-order chi connectivity index (χ0) is 8.06. The SMILES string of the molecule is CC1(C(N)I)CC2CCC2C1. The summed E-state index contributed by atoms with van der Waals surface area (Å²) >= 11 is 2.39. The average Bonchev–Trinajstić information content (AvgIpc) is 2.13. The third-order valence-corrected chi connectivity index (χ3v) is 5.20. The third-order valence-electron chi connectivity index (χ3n) is 3.70. The number of halogens is 1. The Kier molecular flexibility index (Phi) is 1.95. The number of hydrogen-bond donors (Lipinski definition) is 1. The van der Waals surface area contributed by atoms with Crippen molar-refractivity contribution in [2.75, 3.05) is 0 Å². The Labute approximate surface area is 82.2 Å². The van der Waals surface area contributed by atoms with Crippen molar-refractivity contribution < 1.29 is 0 Å². The van der Waals surface area contributed by atoms with Crippen LogP contribution in [0.2, 0.25) is 0 Å². The van der Waals surface area contributed by atoms with Crippen LogP contribution in [0, 0.1) is 17.3 Å². The van der Waals surface area contributed by atoms with Gasteiger partial charge in [0.05, 0.1) is 4.05 Å². The van der Waals surface area contributed by atoms with Crippen molar-refractivity contribution in [1.29, 1.82) is 0 Å². The molecule has 0 radical (unpaired) electrons. The van der Waals surface area contributed by atoms with Gasteiger partial charge in [0.25, 0.3) is 0 Å². The van der Waals surface area contributed by atoms with Gasteiger partial charge in [0.1, 0.15) is 0 Å². The molecule has 3 unspecified atom stereocenters. The molecule has 11 heavy (non-hydrogen) atoms. The summed E-state index contributed by atoms with van der Waals surface area (Å²) in [5, 5.41) is 0. The average molecular weight is 265 g/mol. The van der Waals surface area contributed by atoms with Crippen molar-refractivity contribution in [2.24, 2.45) is 23.0 Å². The van der Waals surface area contributed by atoms with E-state index in [0.29, 0.717) is 9.46 Å². The lowest BCUT2D eigenvalue weighted by Crippen LogP contribution is -2.32. The molecule has 0 heterocycles. The van der Waals surface area contributed by atoms with Crippen LogP contribution in [0.25, 0.3) is 0 Å². The molecule has 2 aliphatic rings. The van der Waals surface area contributed by atoms with Crippen molar-refractivity contribution in [3.05, 3.63) is 0 Å². The summed E-state index contributed by atoms with van der Waals surface area (Å²) in [6.07, 6.45) is 5.73. The lowest BCUT2D eigenvalue weighted by molar-refractivity contribution is 0.219. The minimum atomic E-state index is 0.366. The van der Waals surface area contributed by atoms with E-state index >= 15 is 0 Å². The Morgan fingerprint density at radius 2 is 1.82 bits per heavy atom. The number of rotatable bonds is 1. The smallest absolute Gasteiger partial charge is 0.0623 e. The van der Waals surface area contributed by atoms with E-state index in [1.807, 2.05) is 0 Å². The zero-order valence-electron chi connectivity index (χ0n) is 7.02. The highest BCUT2D eigenvalue weighted by Gasteiger charge is 2.48. The molecule has 2 heteroatoms. The summed E-state index contributed by atoms with van der Waals surface area (Å²) < 4.78 is 0.366. The molecule has 0 aromatic carbocycles. The number of alkyl halides is 1. The van der Waals surface area contributed by atoms with E-state index in [0.717, 1.165) is 11.8 Å². The van der Waals surface area contributed by atoms with Gasteiger partial charge in [0.15, 0.2) is 0 Å². The topological polar surface area (TPSA) is 26.0 Å². The van der Waals surface area contributed by atoms with Crippen LogP contribution < -0.4 is 5.73 Å². The van der Waals surface area contributed by atoms with E-state index < -0.39 is 0 Å². The van der Waals surface area contributed by atoms with Crippen molar-refractivity contribution in [1.82, 2.24) is 0 Å². The van der Waals surface area contributed by atoms with Gasteiger partial charge in [0.2, 0.25) is 0 Å². The molecular weight excluding hydrogens is 249 g/mol. The molecule has 1 nitrogen and oxygen atoms in total. The van der Waals surface area contributed by atoms with E-state index in [-0.39, 0.29) is 0 Å². The second-order valence-corrected chi connectivity index (χ2v) is 5.90. The fraction of sp³-hybridized carbons (Fsp3) is 1.00. The van der Waals surface area contributed by atoms with Crippen LogP contribution in [-0.4, -0.2) is 4.05 Å². The molecule has 0 aromatic heterocycles. The highest BCUT2D eigenvalue weighted by Crippen LogP contribution is 2.56. The Morgan fingerprint density at radius 1 is 1.36 bits per heavy atom. The van der Waals surface area contributed by atoms with Gasteiger partial charge in [-0.2, -0.15) is 0 Å². The monoisotopic (exact) mass is 265 g/mol. The molecule has 3 atom stereocenters. The zero-order valence-corrected chi connectivity index (χ0v) is 9.17. The lowest BCUT2D eigenvalue weighted by Gasteiger charge is -2.29. The normalized spacial score (nSPS) is 51.5. The first-order valence-electron chi connectivity index (χ1n) is 4.51. The van der Waals surface area contributed by atoms with Gasteiger partial charge in [-0.25, -0.2) is 0 Å². The summed E-state index contributed by atoms with van der Waals surface area (Å²) in [5.74, 6) is 2.08. The Balaban J connectivity index is 2.06. The first-order chi connectivity index (χ1) is 5.12. The van der Waals surface area contributed by atoms with Crippen LogP contribution in [0.4, 0.5) is 0 Å². The van der Waals surface area contributed by atoms with Crippen molar-refractivity contribution in [3.8, 4) is 0 Å². The maximum Gasteiger partial charge on any atom is 0.0623 e. The van der Waals surface area contributed by atoms with Gasteiger partial charge >= 0.3 is 0 Å². The molecule has 0 aromatic rings. The van der Waals surface area contributed by atoms with Crippen molar-refractivity contribution >= 4 is 22.6 Å². The van der Waals surface area contributed by atoms with Gasteiger partial charge in [-0.3, -0.25) is 0 Å². The summed E-state index contributed by atoms with van der Waals surface area (Å²) in [7, 11) is 0. The first kappa shape index (κ1) is 8.30. The number of fused-ring (bicyclic) bond motifs is 1. The predicted octanol–water partition coefficient (Wildman–Crippen LogP) is 2.53. The van der Waals surface area contributed by atoms with Crippen LogP contribution in [0.5, 0.6) is 0 Å². The molecule has 0 amide bonds. The molecule has 0 spiro atoms. The Bertz CT molecular complexity index is 155. The maximum atomic E-state index is 5.97. The van der Waals surface area contributed by atoms with Gasteiger partial charge < -0.3 is 5.73 Å². The molecule has 2 aliphatic carbocycles. The van der Waals surface area contributed by atoms with Crippen LogP contribution >= 0.6 is 22.6 Å². The van der Waals surface area contributed by atoms with Crippen LogP contribution in [0.3, 0.4) is 0 Å². The highest BCUT2D eigenvalue weighted by molar-refractivity contribution is 14.1. The molecule has 0 bridgehead atoms. The summed E-state index contributed by atoms with van der Waals surface area (Å²) in [4.78, 5) is 0. The fourth-order valence-corrected chi connectivity index (χ4v) is 3.19. The van der Waals surface area contributed by atoms with Gasteiger partial charge in [-0.05, 0) is 42.9 Å². The van der Waals surface area contributed by atoms with Crippen molar-refractivity contribution in [3.63, 3.8) is 0 Å². The van der Waals surface area contributed by atoms with Crippen LogP contribution in [0.15, 0.2) is 0 Å². The Morgan fingerprint density at radius 3 is 2.09 bits per heavy atom.